The minimum Gasteiger partial charge on any atom is -0.481 e. The molecule has 1 fully saturated rings. The molecule has 1 aromatic rings. The van der Waals surface area contributed by atoms with Crippen LogP contribution in [0.5, 0.6) is 5.88 Å². The number of hydrogen-bond donors (Lipinski definition) is 0. The number of anilines is 1. The van der Waals surface area contributed by atoms with E-state index in [1.54, 1.807) is 33.9 Å². The van der Waals surface area contributed by atoms with Gasteiger partial charge in [0.2, 0.25) is 11.8 Å². The van der Waals surface area contributed by atoms with Crippen molar-refractivity contribution in [3.8, 4) is 5.88 Å². The Kier molecular flexibility index (Phi) is 4.20. The normalized spacial score (nSPS) is 18.6. The van der Waals surface area contributed by atoms with Crippen LogP contribution in [0, 0.1) is 0 Å². The van der Waals surface area contributed by atoms with Gasteiger partial charge in [-0.25, -0.2) is 14.6 Å². The highest BCUT2D eigenvalue weighted by Crippen LogP contribution is 2.23. The third-order valence-electron chi connectivity index (χ3n) is 3.10. The van der Waals surface area contributed by atoms with E-state index in [0.717, 1.165) is 0 Å². The van der Waals surface area contributed by atoms with E-state index >= 15 is 0 Å². The quantitative estimate of drug-likeness (QED) is 0.776. The number of esters is 1. The molecule has 0 radical (unpaired) electrons. The molecule has 2 amide bonds. The first-order valence-electron chi connectivity index (χ1n) is 6.87. The molecule has 1 aromatic heterocycles. The lowest BCUT2D eigenvalue weighted by Gasteiger charge is -2.24. The first kappa shape index (κ1) is 16.0. The van der Waals surface area contributed by atoms with Crippen LogP contribution in [0.2, 0.25) is 0 Å². The number of aromatic nitrogens is 2. The number of rotatable bonds is 3. The molecule has 1 aliphatic rings. The minimum absolute atomic E-state index is 0.136. The summed E-state index contributed by atoms with van der Waals surface area (Å²) in [5.41, 5.74) is -0.610. The Hall–Kier alpha value is -2.38. The van der Waals surface area contributed by atoms with E-state index in [4.69, 9.17) is 9.47 Å². The lowest BCUT2D eigenvalue weighted by molar-refractivity contribution is -0.158. The van der Waals surface area contributed by atoms with Crippen molar-refractivity contribution in [2.24, 2.45) is 0 Å². The van der Waals surface area contributed by atoms with E-state index in [9.17, 15) is 9.59 Å². The van der Waals surface area contributed by atoms with Crippen LogP contribution in [-0.2, 0) is 9.53 Å². The van der Waals surface area contributed by atoms with E-state index in [-0.39, 0.29) is 18.5 Å². The van der Waals surface area contributed by atoms with Crippen LogP contribution in [0.3, 0.4) is 0 Å². The highest BCUT2D eigenvalue weighted by atomic mass is 16.6. The highest BCUT2D eigenvalue weighted by Gasteiger charge is 2.42. The molecule has 0 aliphatic carbocycles. The Balaban J connectivity index is 2.19. The van der Waals surface area contributed by atoms with Crippen molar-refractivity contribution in [2.75, 3.05) is 25.6 Å². The van der Waals surface area contributed by atoms with Crippen molar-refractivity contribution in [1.82, 2.24) is 14.9 Å². The molecule has 0 spiro atoms. The van der Waals surface area contributed by atoms with Crippen molar-refractivity contribution < 1.29 is 19.1 Å². The number of urea groups is 1. The SMILES string of the molecule is COc1ccnc(N2CC(C(=O)OC(C)(C)C)N(C)C2=O)n1. The Labute approximate surface area is 129 Å². The van der Waals surface area contributed by atoms with Crippen molar-refractivity contribution >= 4 is 17.9 Å². The summed E-state index contributed by atoms with van der Waals surface area (Å²) in [5, 5.41) is 0. The van der Waals surface area contributed by atoms with Gasteiger partial charge in [-0.2, -0.15) is 4.98 Å². The molecule has 0 N–H and O–H groups in total. The van der Waals surface area contributed by atoms with Crippen LogP contribution in [0.1, 0.15) is 20.8 Å². The summed E-state index contributed by atoms with van der Waals surface area (Å²) >= 11 is 0. The first-order chi connectivity index (χ1) is 10.2. The van der Waals surface area contributed by atoms with Gasteiger partial charge in [-0.3, -0.25) is 4.90 Å². The number of carbonyl (C=O) groups excluding carboxylic acids is 2. The molecule has 1 aliphatic heterocycles. The van der Waals surface area contributed by atoms with Crippen molar-refractivity contribution in [2.45, 2.75) is 32.4 Å². The van der Waals surface area contributed by atoms with Crippen LogP contribution in [-0.4, -0.2) is 59.2 Å². The molecule has 1 saturated heterocycles. The second-order valence-electron chi connectivity index (χ2n) is 5.95. The van der Waals surface area contributed by atoms with Gasteiger partial charge in [0.25, 0.3) is 0 Å². The Morgan fingerprint density at radius 2 is 2.09 bits per heavy atom. The second-order valence-corrected chi connectivity index (χ2v) is 5.95. The Morgan fingerprint density at radius 1 is 1.41 bits per heavy atom. The number of likely N-dealkylation sites (N-methyl/N-ethyl adjacent to an activating group) is 1. The zero-order valence-electron chi connectivity index (χ0n) is 13.4. The van der Waals surface area contributed by atoms with Crippen LogP contribution < -0.4 is 9.64 Å². The molecule has 0 saturated carbocycles. The molecule has 8 nitrogen and oxygen atoms in total. The lowest BCUT2D eigenvalue weighted by atomic mass is 10.2. The van der Waals surface area contributed by atoms with Crippen LogP contribution in [0.25, 0.3) is 0 Å². The molecular weight excluding hydrogens is 288 g/mol. The predicted octanol–water partition coefficient (Wildman–Crippen LogP) is 1.07. The van der Waals surface area contributed by atoms with E-state index in [0.29, 0.717) is 5.88 Å². The summed E-state index contributed by atoms with van der Waals surface area (Å²) in [7, 11) is 3.03. The average Bonchev–Trinajstić information content (AvgIpc) is 2.74. The first-order valence-corrected chi connectivity index (χ1v) is 6.87. The molecule has 1 unspecified atom stereocenters. The maximum atomic E-state index is 12.3. The molecule has 22 heavy (non-hydrogen) atoms. The van der Waals surface area contributed by atoms with Crippen LogP contribution in [0.15, 0.2) is 12.3 Å². The zero-order valence-corrected chi connectivity index (χ0v) is 13.4. The van der Waals surface area contributed by atoms with Gasteiger partial charge in [-0.1, -0.05) is 0 Å². The standard InChI is InChI=1S/C14H20N4O4/c1-14(2,3)22-11(19)9-8-18(13(20)17(9)4)12-15-7-6-10(16-12)21-5/h6-7,9H,8H2,1-5H3. The van der Waals surface area contributed by atoms with Gasteiger partial charge in [0.15, 0.2) is 0 Å². The Morgan fingerprint density at radius 3 is 2.68 bits per heavy atom. The topological polar surface area (TPSA) is 84.9 Å². The molecule has 0 bridgehead atoms. The number of amides is 2. The fourth-order valence-electron chi connectivity index (χ4n) is 2.04. The van der Waals surface area contributed by atoms with Gasteiger partial charge >= 0.3 is 12.0 Å². The van der Waals surface area contributed by atoms with E-state index in [2.05, 4.69) is 9.97 Å². The summed E-state index contributed by atoms with van der Waals surface area (Å²) in [6.45, 7) is 5.48. The summed E-state index contributed by atoms with van der Waals surface area (Å²) in [6, 6.07) is 0.532. The average molecular weight is 308 g/mol. The maximum absolute atomic E-state index is 12.3. The number of methoxy groups -OCH3 is 1. The molecule has 1 atom stereocenters. The number of nitrogens with zero attached hydrogens (tertiary/aromatic N) is 4. The van der Waals surface area contributed by atoms with Gasteiger partial charge in [0, 0.05) is 19.3 Å². The molecular formula is C14H20N4O4. The number of ether oxygens (including phenoxy) is 2. The fourth-order valence-corrected chi connectivity index (χ4v) is 2.04. The third kappa shape index (κ3) is 3.26. The third-order valence-corrected chi connectivity index (χ3v) is 3.10. The zero-order chi connectivity index (χ0) is 16.5. The predicted molar refractivity (Wildman–Crippen MR) is 78.7 cm³/mol. The van der Waals surface area contributed by atoms with Gasteiger partial charge in [-0.15, -0.1) is 0 Å². The monoisotopic (exact) mass is 308 g/mol. The Bertz CT molecular complexity index is 584. The van der Waals surface area contributed by atoms with Crippen molar-refractivity contribution in [3.05, 3.63) is 12.3 Å². The van der Waals surface area contributed by atoms with Gasteiger partial charge in [0.05, 0.1) is 13.7 Å². The van der Waals surface area contributed by atoms with E-state index in [1.807, 2.05) is 0 Å². The van der Waals surface area contributed by atoms with Gasteiger partial charge < -0.3 is 14.4 Å². The molecule has 8 heteroatoms. The summed E-state index contributed by atoms with van der Waals surface area (Å²) in [4.78, 5) is 35.4. The lowest BCUT2D eigenvalue weighted by Crippen LogP contribution is -2.40. The fraction of sp³-hybridized carbons (Fsp3) is 0.571. The summed E-state index contributed by atoms with van der Waals surface area (Å²) < 4.78 is 10.4. The summed E-state index contributed by atoms with van der Waals surface area (Å²) in [5.74, 6) is 0.0946. The van der Waals surface area contributed by atoms with Gasteiger partial charge in [0.1, 0.15) is 11.6 Å². The maximum Gasteiger partial charge on any atom is 0.331 e. The minimum atomic E-state index is -0.693. The molecule has 2 rings (SSSR count). The van der Waals surface area contributed by atoms with Crippen LogP contribution in [0.4, 0.5) is 10.7 Å². The highest BCUT2D eigenvalue weighted by molar-refractivity contribution is 5.97. The number of hydrogen-bond acceptors (Lipinski definition) is 6. The van der Waals surface area contributed by atoms with Crippen molar-refractivity contribution in [1.29, 1.82) is 0 Å². The smallest absolute Gasteiger partial charge is 0.331 e. The van der Waals surface area contributed by atoms with Gasteiger partial charge in [-0.05, 0) is 20.8 Å². The largest absolute Gasteiger partial charge is 0.481 e. The molecule has 120 valence electrons. The van der Waals surface area contributed by atoms with E-state index < -0.39 is 17.6 Å². The summed E-state index contributed by atoms with van der Waals surface area (Å²) in [6.07, 6.45) is 1.50. The number of carbonyl (C=O) groups is 2. The van der Waals surface area contributed by atoms with Crippen LogP contribution >= 0.6 is 0 Å². The molecule has 0 aromatic carbocycles. The second kappa shape index (κ2) is 5.78. The molecule has 2 heterocycles. The van der Waals surface area contributed by atoms with Crippen molar-refractivity contribution in [3.63, 3.8) is 0 Å². The van der Waals surface area contributed by atoms with E-state index in [1.165, 1.54) is 23.1 Å².